The Balaban J connectivity index is 1.68. The average molecular weight is 331 g/mol. The van der Waals surface area contributed by atoms with E-state index in [0.29, 0.717) is 6.61 Å². The van der Waals surface area contributed by atoms with Gasteiger partial charge in [-0.3, -0.25) is 0 Å². The molecule has 3 aromatic carbocycles. The molecule has 0 atom stereocenters. The Morgan fingerprint density at radius 2 is 1.44 bits per heavy atom. The smallest absolute Gasteiger partial charge is 0.124 e. The minimum absolute atomic E-state index is 0.591. The molecule has 0 amide bonds. The summed E-state index contributed by atoms with van der Waals surface area (Å²) in [7, 11) is 0. The van der Waals surface area contributed by atoms with Crippen molar-refractivity contribution in [2.45, 2.75) is 33.9 Å². The SMILES string of the molecule is Cc1ccc(NCc2ccccc2OCc2ccccc2C)cc1C. The molecule has 0 radical (unpaired) electrons. The van der Waals surface area contributed by atoms with Gasteiger partial charge in [0.1, 0.15) is 12.4 Å². The molecule has 1 N–H and O–H groups in total. The lowest BCUT2D eigenvalue weighted by atomic mass is 10.1. The molecule has 25 heavy (non-hydrogen) atoms. The van der Waals surface area contributed by atoms with Crippen molar-refractivity contribution >= 4 is 5.69 Å². The predicted molar refractivity (Wildman–Crippen MR) is 105 cm³/mol. The van der Waals surface area contributed by atoms with Crippen molar-refractivity contribution in [3.8, 4) is 5.75 Å². The Labute approximate surface area is 150 Å². The number of hydrogen-bond donors (Lipinski definition) is 1. The summed E-state index contributed by atoms with van der Waals surface area (Å²) in [4.78, 5) is 0. The first kappa shape index (κ1) is 17.1. The molecular formula is C23H25NO. The Bertz CT molecular complexity index is 854. The Morgan fingerprint density at radius 3 is 2.20 bits per heavy atom. The molecule has 0 saturated carbocycles. The molecule has 0 heterocycles. The van der Waals surface area contributed by atoms with E-state index < -0.39 is 0 Å². The molecular weight excluding hydrogens is 306 g/mol. The molecule has 3 aromatic rings. The largest absolute Gasteiger partial charge is 0.489 e. The highest BCUT2D eigenvalue weighted by atomic mass is 16.5. The van der Waals surface area contributed by atoms with Crippen LogP contribution in [-0.2, 0) is 13.2 Å². The van der Waals surface area contributed by atoms with Gasteiger partial charge in [-0.05, 0) is 61.2 Å². The minimum atomic E-state index is 0.591. The van der Waals surface area contributed by atoms with Gasteiger partial charge in [-0.1, -0.05) is 48.5 Å². The molecule has 3 rings (SSSR count). The first-order valence-corrected chi connectivity index (χ1v) is 8.70. The lowest BCUT2D eigenvalue weighted by Gasteiger charge is -2.14. The molecule has 2 heteroatoms. The van der Waals surface area contributed by atoms with E-state index in [2.05, 4.69) is 80.7 Å². The fourth-order valence-electron chi connectivity index (χ4n) is 2.77. The Morgan fingerprint density at radius 1 is 0.720 bits per heavy atom. The summed E-state index contributed by atoms with van der Waals surface area (Å²) in [6.07, 6.45) is 0. The minimum Gasteiger partial charge on any atom is -0.489 e. The highest BCUT2D eigenvalue weighted by Crippen LogP contribution is 2.22. The molecule has 0 spiro atoms. The predicted octanol–water partition coefficient (Wildman–Crippen LogP) is 5.80. The van der Waals surface area contributed by atoms with Crippen molar-refractivity contribution in [1.29, 1.82) is 0 Å². The third-order valence-electron chi connectivity index (χ3n) is 4.61. The highest BCUT2D eigenvalue weighted by molar-refractivity contribution is 5.49. The van der Waals surface area contributed by atoms with Crippen molar-refractivity contribution in [2.24, 2.45) is 0 Å². The van der Waals surface area contributed by atoms with Crippen LogP contribution >= 0.6 is 0 Å². The van der Waals surface area contributed by atoms with Gasteiger partial charge < -0.3 is 10.1 Å². The van der Waals surface area contributed by atoms with E-state index in [1.54, 1.807) is 0 Å². The Kier molecular flexibility index (Phi) is 5.39. The molecule has 0 fully saturated rings. The maximum absolute atomic E-state index is 6.10. The van der Waals surface area contributed by atoms with E-state index in [0.717, 1.165) is 23.5 Å². The van der Waals surface area contributed by atoms with Gasteiger partial charge in [0, 0.05) is 17.8 Å². The summed E-state index contributed by atoms with van der Waals surface area (Å²) in [5.74, 6) is 0.932. The number of para-hydroxylation sites is 1. The first-order chi connectivity index (χ1) is 12.1. The monoisotopic (exact) mass is 331 g/mol. The number of hydrogen-bond acceptors (Lipinski definition) is 2. The summed E-state index contributed by atoms with van der Waals surface area (Å²) >= 11 is 0. The molecule has 0 aliphatic carbocycles. The molecule has 128 valence electrons. The van der Waals surface area contributed by atoms with Crippen LogP contribution in [0.15, 0.2) is 66.7 Å². The van der Waals surface area contributed by atoms with Crippen molar-refractivity contribution in [3.63, 3.8) is 0 Å². The second kappa shape index (κ2) is 7.89. The molecule has 0 unspecified atom stereocenters. The quantitative estimate of drug-likeness (QED) is 0.616. The molecule has 0 bridgehead atoms. The normalized spacial score (nSPS) is 10.5. The van der Waals surface area contributed by atoms with Crippen molar-refractivity contribution in [3.05, 3.63) is 94.5 Å². The number of rotatable bonds is 6. The van der Waals surface area contributed by atoms with Crippen LogP contribution in [0.5, 0.6) is 5.75 Å². The van der Waals surface area contributed by atoms with Crippen LogP contribution in [0.4, 0.5) is 5.69 Å². The van der Waals surface area contributed by atoms with Gasteiger partial charge in [-0.2, -0.15) is 0 Å². The van der Waals surface area contributed by atoms with Crippen molar-refractivity contribution in [2.75, 3.05) is 5.32 Å². The summed E-state index contributed by atoms with van der Waals surface area (Å²) in [6, 6.07) is 23.0. The van der Waals surface area contributed by atoms with Crippen LogP contribution in [0.2, 0.25) is 0 Å². The van der Waals surface area contributed by atoms with Crippen LogP contribution in [0.1, 0.15) is 27.8 Å². The zero-order chi connectivity index (χ0) is 17.6. The number of ether oxygens (including phenoxy) is 1. The topological polar surface area (TPSA) is 21.3 Å². The van der Waals surface area contributed by atoms with Crippen LogP contribution < -0.4 is 10.1 Å². The second-order valence-corrected chi connectivity index (χ2v) is 6.48. The van der Waals surface area contributed by atoms with Gasteiger partial charge in [-0.25, -0.2) is 0 Å². The van der Waals surface area contributed by atoms with Crippen molar-refractivity contribution < 1.29 is 4.74 Å². The van der Waals surface area contributed by atoms with Gasteiger partial charge >= 0.3 is 0 Å². The van der Waals surface area contributed by atoms with Gasteiger partial charge in [0.25, 0.3) is 0 Å². The van der Waals surface area contributed by atoms with Gasteiger partial charge in [0.05, 0.1) is 0 Å². The van der Waals surface area contributed by atoms with E-state index in [1.807, 2.05) is 12.1 Å². The number of nitrogens with one attached hydrogen (secondary N) is 1. The molecule has 0 aliphatic heterocycles. The van der Waals surface area contributed by atoms with Crippen molar-refractivity contribution in [1.82, 2.24) is 0 Å². The molecule has 0 saturated heterocycles. The van der Waals surface area contributed by atoms with E-state index in [9.17, 15) is 0 Å². The number of benzene rings is 3. The highest BCUT2D eigenvalue weighted by Gasteiger charge is 2.05. The van der Waals surface area contributed by atoms with Crippen LogP contribution in [-0.4, -0.2) is 0 Å². The summed E-state index contributed by atoms with van der Waals surface area (Å²) in [6.45, 7) is 7.72. The standard InChI is InChI=1S/C23H25NO/c1-17-12-13-22(14-19(17)3)24-15-20-9-6-7-11-23(20)25-16-21-10-5-4-8-18(21)2/h4-14,24H,15-16H2,1-3H3. The van der Waals surface area contributed by atoms with Crippen LogP contribution in [0.3, 0.4) is 0 Å². The van der Waals surface area contributed by atoms with Crippen LogP contribution in [0, 0.1) is 20.8 Å². The third-order valence-corrected chi connectivity index (χ3v) is 4.61. The van der Waals surface area contributed by atoms with Gasteiger partial charge in [-0.15, -0.1) is 0 Å². The first-order valence-electron chi connectivity index (χ1n) is 8.70. The average Bonchev–Trinajstić information content (AvgIpc) is 2.63. The van der Waals surface area contributed by atoms with E-state index in [1.165, 1.54) is 22.3 Å². The fraction of sp³-hybridized carbons (Fsp3) is 0.217. The summed E-state index contributed by atoms with van der Waals surface area (Å²) < 4.78 is 6.10. The van der Waals surface area contributed by atoms with Gasteiger partial charge in [0.2, 0.25) is 0 Å². The Hall–Kier alpha value is -2.74. The summed E-state index contributed by atoms with van der Waals surface area (Å²) in [5.41, 5.74) is 7.39. The summed E-state index contributed by atoms with van der Waals surface area (Å²) in [5, 5.41) is 3.50. The second-order valence-electron chi connectivity index (χ2n) is 6.48. The van der Waals surface area contributed by atoms with Gasteiger partial charge in [0.15, 0.2) is 0 Å². The zero-order valence-electron chi connectivity index (χ0n) is 15.2. The van der Waals surface area contributed by atoms with E-state index in [4.69, 9.17) is 4.74 Å². The fourth-order valence-corrected chi connectivity index (χ4v) is 2.77. The molecule has 0 aliphatic rings. The maximum Gasteiger partial charge on any atom is 0.124 e. The number of anilines is 1. The molecule has 2 nitrogen and oxygen atoms in total. The third kappa shape index (κ3) is 4.42. The van der Waals surface area contributed by atoms with Crippen LogP contribution in [0.25, 0.3) is 0 Å². The number of aryl methyl sites for hydroxylation is 3. The lowest BCUT2D eigenvalue weighted by molar-refractivity contribution is 0.302. The zero-order valence-corrected chi connectivity index (χ0v) is 15.2. The molecule has 0 aromatic heterocycles. The maximum atomic E-state index is 6.10. The van der Waals surface area contributed by atoms with E-state index >= 15 is 0 Å². The lowest BCUT2D eigenvalue weighted by Crippen LogP contribution is -2.04. The van der Waals surface area contributed by atoms with E-state index in [-0.39, 0.29) is 0 Å².